The van der Waals surface area contributed by atoms with Crippen molar-refractivity contribution in [3.63, 3.8) is 0 Å². The Bertz CT molecular complexity index is 491. The van der Waals surface area contributed by atoms with Crippen molar-refractivity contribution < 1.29 is 4.39 Å². The summed E-state index contributed by atoms with van der Waals surface area (Å²) < 4.78 is 15.5. The number of nitrogens with zero attached hydrogens (tertiary/aromatic N) is 2. The molecule has 2 aromatic rings. The SMILES string of the molecule is CC(C)n1nc2cccc(F)c2c1CBr. The van der Waals surface area contributed by atoms with E-state index in [1.165, 1.54) is 6.07 Å². The molecule has 0 atom stereocenters. The molecule has 0 bridgehead atoms. The number of hydrogen-bond acceptors (Lipinski definition) is 1. The van der Waals surface area contributed by atoms with E-state index in [-0.39, 0.29) is 11.9 Å². The van der Waals surface area contributed by atoms with Crippen molar-refractivity contribution in [1.82, 2.24) is 9.78 Å². The van der Waals surface area contributed by atoms with Gasteiger partial charge >= 0.3 is 0 Å². The third-order valence-corrected chi connectivity index (χ3v) is 2.92. The molecule has 0 unspecified atom stereocenters. The highest BCUT2D eigenvalue weighted by Gasteiger charge is 2.15. The Morgan fingerprint density at radius 3 is 2.80 bits per heavy atom. The molecule has 0 N–H and O–H groups in total. The Labute approximate surface area is 96.2 Å². The zero-order valence-corrected chi connectivity index (χ0v) is 10.3. The van der Waals surface area contributed by atoms with Crippen LogP contribution >= 0.6 is 15.9 Å². The maximum atomic E-state index is 13.6. The Morgan fingerprint density at radius 2 is 2.20 bits per heavy atom. The number of aromatic nitrogens is 2. The smallest absolute Gasteiger partial charge is 0.134 e. The van der Waals surface area contributed by atoms with Crippen LogP contribution in [-0.4, -0.2) is 9.78 Å². The van der Waals surface area contributed by atoms with Crippen LogP contribution in [0.15, 0.2) is 18.2 Å². The minimum Gasteiger partial charge on any atom is -0.265 e. The summed E-state index contributed by atoms with van der Waals surface area (Å²) in [6, 6.07) is 5.24. The lowest BCUT2D eigenvalue weighted by atomic mass is 10.2. The summed E-state index contributed by atoms with van der Waals surface area (Å²) in [6.07, 6.45) is 0. The van der Waals surface area contributed by atoms with E-state index in [0.717, 1.165) is 11.2 Å². The first-order chi connectivity index (χ1) is 7.15. The Balaban J connectivity index is 2.80. The second-order valence-electron chi connectivity index (χ2n) is 3.75. The molecule has 4 heteroatoms. The molecule has 0 aliphatic heterocycles. The Hall–Kier alpha value is -0.900. The number of rotatable bonds is 2. The second-order valence-corrected chi connectivity index (χ2v) is 4.31. The predicted molar refractivity (Wildman–Crippen MR) is 62.7 cm³/mol. The Morgan fingerprint density at radius 1 is 1.47 bits per heavy atom. The van der Waals surface area contributed by atoms with Crippen molar-refractivity contribution in [2.24, 2.45) is 0 Å². The van der Waals surface area contributed by atoms with Gasteiger partial charge in [0.15, 0.2) is 0 Å². The van der Waals surface area contributed by atoms with Crippen LogP contribution < -0.4 is 0 Å². The van der Waals surface area contributed by atoms with Gasteiger partial charge in [0.05, 0.1) is 16.6 Å². The van der Waals surface area contributed by atoms with E-state index in [2.05, 4.69) is 21.0 Å². The third-order valence-electron chi connectivity index (χ3n) is 2.39. The minimum absolute atomic E-state index is 0.200. The van der Waals surface area contributed by atoms with Gasteiger partial charge in [-0.15, -0.1) is 0 Å². The summed E-state index contributed by atoms with van der Waals surface area (Å²) in [5, 5.41) is 5.63. The maximum Gasteiger partial charge on any atom is 0.134 e. The standard InChI is InChI=1S/C11H12BrFN2/c1-7(2)15-10(6-12)11-8(13)4-3-5-9(11)14-15/h3-5,7H,6H2,1-2H3. The van der Waals surface area contributed by atoms with Gasteiger partial charge in [-0.25, -0.2) is 4.39 Å². The first-order valence-electron chi connectivity index (χ1n) is 4.86. The average Bonchev–Trinajstić information content (AvgIpc) is 2.57. The first-order valence-corrected chi connectivity index (χ1v) is 5.99. The van der Waals surface area contributed by atoms with Gasteiger partial charge in [-0.05, 0) is 26.0 Å². The van der Waals surface area contributed by atoms with E-state index in [9.17, 15) is 4.39 Å². The summed E-state index contributed by atoms with van der Waals surface area (Å²) in [4.78, 5) is 0. The van der Waals surface area contributed by atoms with Gasteiger partial charge in [-0.1, -0.05) is 22.0 Å². The number of halogens is 2. The van der Waals surface area contributed by atoms with E-state index in [0.29, 0.717) is 10.7 Å². The summed E-state index contributed by atoms with van der Waals surface area (Å²) in [7, 11) is 0. The quantitative estimate of drug-likeness (QED) is 0.762. The molecule has 2 rings (SSSR count). The van der Waals surface area contributed by atoms with E-state index in [1.54, 1.807) is 6.07 Å². The molecule has 0 fully saturated rings. The lowest BCUT2D eigenvalue weighted by molar-refractivity contribution is 0.522. The molecular formula is C11H12BrFN2. The van der Waals surface area contributed by atoms with Gasteiger partial charge in [0.2, 0.25) is 0 Å². The molecule has 0 saturated heterocycles. The number of alkyl halides is 1. The van der Waals surface area contributed by atoms with Crippen LogP contribution in [0.25, 0.3) is 10.9 Å². The molecular weight excluding hydrogens is 259 g/mol. The fraction of sp³-hybridized carbons (Fsp3) is 0.364. The Kier molecular flexibility index (Phi) is 2.78. The van der Waals surface area contributed by atoms with Gasteiger partial charge < -0.3 is 0 Å². The summed E-state index contributed by atoms with van der Waals surface area (Å²) in [6.45, 7) is 4.08. The highest BCUT2D eigenvalue weighted by Crippen LogP contribution is 2.25. The third kappa shape index (κ3) is 1.67. The fourth-order valence-electron chi connectivity index (χ4n) is 1.73. The summed E-state index contributed by atoms with van der Waals surface area (Å²) >= 11 is 3.38. The van der Waals surface area contributed by atoms with Crippen molar-refractivity contribution in [3.05, 3.63) is 29.7 Å². The van der Waals surface area contributed by atoms with Crippen LogP contribution in [0.3, 0.4) is 0 Å². The van der Waals surface area contributed by atoms with Crippen molar-refractivity contribution >= 4 is 26.8 Å². The molecule has 80 valence electrons. The zero-order chi connectivity index (χ0) is 11.0. The highest BCUT2D eigenvalue weighted by atomic mass is 79.9. The van der Waals surface area contributed by atoms with E-state index < -0.39 is 0 Å². The van der Waals surface area contributed by atoms with Crippen molar-refractivity contribution in [1.29, 1.82) is 0 Å². The van der Waals surface area contributed by atoms with Crippen LogP contribution in [0.1, 0.15) is 25.6 Å². The minimum atomic E-state index is -0.200. The molecule has 0 aliphatic carbocycles. The number of fused-ring (bicyclic) bond motifs is 1. The van der Waals surface area contributed by atoms with Gasteiger partial charge in [-0.3, -0.25) is 4.68 Å². The van der Waals surface area contributed by atoms with Crippen molar-refractivity contribution in [2.45, 2.75) is 25.2 Å². The van der Waals surface area contributed by atoms with Gasteiger partial charge in [-0.2, -0.15) is 5.10 Å². The molecule has 1 aromatic carbocycles. The van der Waals surface area contributed by atoms with Crippen LogP contribution in [-0.2, 0) is 5.33 Å². The first kappa shape index (κ1) is 10.6. The molecule has 15 heavy (non-hydrogen) atoms. The normalized spacial score (nSPS) is 11.5. The number of hydrogen-bond donors (Lipinski definition) is 0. The molecule has 0 radical (unpaired) electrons. The fourth-order valence-corrected chi connectivity index (χ4v) is 2.27. The number of benzene rings is 1. The van der Waals surface area contributed by atoms with E-state index in [4.69, 9.17) is 0 Å². The van der Waals surface area contributed by atoms with Crippen LogP contribution in [0.2, 0.25) is 0 Å². The lowest BCUT2D eigenvalue weighted by Gasteiger charge is -2.08. The predicted octanol–water partition coefficient (Wildman–Crippen LogP) is 3.65. The van der Waals surface area contributed by atoms with E-state index >= 15 is 0 Å². The van der Waals surface area contributed by atoms with Crippen molar-refractivity contribution in [2.75, 3.05) is 0 Å². The molecule has 0 amide bonds. The molecule has 0 spiro atoms. The molecule has 1 heterocycles. The van der Waals surface area contributed by atoms with Crippen LogP contribution in [0.5, 0.6) is 0 Å². The van der Waals surface area contributed by atoms with Gasteiger partial charge in [0.25, 0.3) is 0 Å². The van der Waals surface area contributed by atoms with Crippen LogP contribution in [0.4, 0.5) is 4.39 Å². The molecule has 1 aromatic heterocycles. The van der Waals surface area contributed by atoms with E-state index in [1.807, 2.05) is 24.6 Å². The zero-order valence-electron chi connectivity index (χ0n) is 8.67. The van der Waals surface area contributed by atoms with Gasteiger partial charge in [0, 0.05) is 11.4 Å². The average molecular weight is 271 g/mol. The topological polar surface area (TPSA) is 17.8 Å². The lowest BCUT2D eigenvalue weighted by Crippen LogP contribution is -2.06. The second kappa shape index (κ2) is 3.93. The van der Waals surface area contributed by atoms with Crippen LogP contribution in [0, 0.1) is 5.82 Å². The van der Waals surface area contributed by atoms with Gasteiger partial charge in [0.1, 0.15) is 5.82 Å². The molecule has 0 saturated carbocycles. The largest absolute Gasteiger partial charge is 0.265 e. The highest BCUT2D eigenvalue weighted by molar-refractivity contribution is 9.08. The molecule has 0 aliphatic rings. The summed E-state index contributed by atoms with van der Waals surface area (Å²) in [5.41, 5.74) is 1.62. The monoisotopic (exact) mass is 270 g/mol. The van der Waals surface area contributed by atoms with Crippen molar-refractivity contribution in [3.8, 4) is 0 Å². The molecule has 2 nitrogen and oxygen atoms in total. The maximum absolute atomic E-state index is 13.6. The summed E-state index contributed by atoms with van der Waals surface area (Å²) in [5.74, 6) is -0.200.